The molecule has 1 heterocycles. The highest BCUT2D eigenvalue weighted by Gasteiger charge is 2.08. The van der Waals surface area contributed by atoms with E-state index in [1.54, 1.807) is 0 Å². The molecule has 2 aromatic rings. The third kappa shape index (κ3) is 4.16. The minimum absolute atomic E-state index is 0.260. The molecule has 0 amide bonds. The molecule has 1 aromatic carbocycles. The van der Waals surface area contributed by atoms with Crippen LogP contribution >= 0.6 is 0 Å². The molecule has 2 N–H and O–H groups in total. The van der Waals surface area contributed by atoms with Gasteiger partial charge in [-0.1, -0.05) is 19.1 Å². The van der Waals surface area contributed by atoms with Crippen molar-refractivity contribution in [3.63, 3.8) is 0 Å². The van der Waals surface area contributed by atoms with Crippen LogP contribution in [-0.2, 0) is 0 Å². The number of hydrogen-bond donors (Lipinski definition) is 2. The molecule has 0 aliphatic heterocycles. The zero-order valence-corrected chi connectivity index (χ0v) is 13.1. The van der Waals surface area contributed by atoms with Crippen molar-refractivity contribution in [1.82, 2.24) is 14.9 Å². The summed E-state index contributed by atoms with van der Waals surface area (Å²) in [6.45, 7) is 7.50. The molecule has 21 heavy (non-hydrogen) atoms. The summed E-state index contributed by atoms with van der Waals surface area (Å²) in [5.74, 6) is 1.48. The quantitative estimate of drug-likeness (QED) is 0.823. The van der Waals surface area contributed by atoms with Crippen molar-refractivity contribution in [2.75, 3.05) is 13.2 Å². The smallest absolute Gasteiger partial charge is 0.110 e. The maximum Gasteiger partial charge on any atom is 0.110 e. The SMILES string of the molecule is Cc1nccn1-c1ccc(C(C)NCC(C)CCO)cc1. The van der Waals surface area contributed by atoms with Gasteiger partial charge in [0.25, 0.3) is 0 Å². The molecule has 0 bridgehead atoms. The first-order valence-electron chi connectivity index (χ1n) is 7.56. The number of imidazole rings is 1. The average molecular weight is 287 g/mol. The number of aryl methyl sites for hydroxylation is 1. The van der Waals surface area contributed by atoms with Gasteiger partial charge in [0.1, 0.15) is 5.82 Å². The first-order chi connectivity index (χ1) is 10.1. The van der Waals surface area contributed by atoms with E-state index >= 15 is 0 Å². The molecule has 0 spiro atoms. The minimum atomic E-state index is 0.260. The molecule has 114 valence electrons. The second-order valence-corrected chi connectivity index (χ2v) is 5.68. The number of aliphatic hydroxyl groups excluding tert-OH is 1. The van der Waals surface area contributed by atoms with E-state index in [0.29, 0.717) is 12.0 Å². The average Bonchev–Trinajstić information content (AvgIpc) is 2.91. The van der Waals surface area contributed by atoms with Gasteiger partial charge in [0.05, 0.1) is 0 Å². The summed E-state index contributed by atoms with van der Waals surface area (Å²) in [4.78, 5) is 4.25. The van der Waals surface area contributed by atoms with Gasteiger partial charge in [0, 0.05) is 30.7 Å². The highest BCUT2D eigenvalue weighted by atomic mass is 16.3. The predicted molar refractivity (Wildman–Crippen MR) is 85.6 cm³/mol. The van der Waals surface area contributed by atoms with Gasteiger partial charge >= 0.3 is 0 Å². The number of nitrogens with one attached hydrogen (secondary N) is 1. The van der Waals surface area contributed by atoms with Gasteiger partial charge < -0.3 is 15.0 Å². The largest absolute Gasteiger partial charge is 0.396 e. The first-order valence-corrected chi connectivity index (χ1v) is 7.56. The lowest BCUT2D eigenvalue weighted by molar-refractivity contribution is 0.258. The molecule has 1 aromatic heterocycles. The van der Waals surface area contributed by atoms with Crippen LogP contribution in [0.3, 0.4) is 0 Å². The van der Waals surface area contributed by atoms with Crippen LogP contribution in [0.2, 0.25) is 0 Å². The lowest BCUT2D eigenvalue weighted by Crippen LogP contribution is -2.25. The maximum atomic E-state index is 8.93. The van der Waals surface area contributed by atoms with E-state index < -0.39 is 0 Å². The highest BCUT2D eigenvalue weighted by Crippen LogP contribution is 2.17. The fraction of sp³-hybridized carbons (Fsp3) is 0.471. The number of benzene rings is 1. The summed E-state index contributed by atoms with van der Waals surface area (Å²) in [6.07, 6.45) is 4.64. The van der Waals surface area contributed by atoms with Crippen LogP contribution < -0.4 is 5.32 Å². The van der Waals surface area contributed by atoms with E-state index in [9.17, 15) is 0 Å². The molecule has 0 aliphatic rings. The fourth-order valence-corrected chi connectivity index (χ4v) is 2.39. The molecular formula is C17H25N3O. The molecule has 0 saturated carbocycles. The Morgan fingerprint density at radius 3 is 2.52 bits per heavy atom. The van der Waals surface area contributed by atoms with E-state index in [2.05, 4.69) is 53.0 Å². The van der Waals surface area contributed by atoms with Crippen molar-refractivity contribution in [2.24, 2.45) is 5.92 Å². The topological polar surface area (TPSA) is 50.1 Å². The van der Waals surface area contributed by atoms with Crippen LogP contribution in [0.5, 0.6) is 0 Å². The van der Waals surface area contributed by atoms with Crippen molar-refractivity contribution in [3.05, 3.63) is 48.0 Å². The molecule has 0 saturated heterocycles. The van der Waals surface area contributed by atoms with E-state index in [-0.39, 0.29) is 6.61 Å². The highest BCUT2D eigenvalue weighted by molar-refractivity contribution is 5.36. The Hall–Kier alpha value is -1.65. The molecule has 4 nitrogen and oxygen atoms in total. The Balaban J connectivity index is 1.97. The monoisotopic (exact) mass is 287 g/mol. The zero-order chi connectivity index (χ0) is 15.2. The van der Waals surface area contributed by atoms with Crippen molar-refractivity contribution in [2.45, 2.75) is 33.2 Å². The Labute approximate surface area is 126 Å². The Morgan fingerprint density at radius 2 is 1.95 bits per heavy atom. The van der Waals surface area contributed by atoms with E-state index in [0.717, 1.165) is 24.5 Å². The maximum absolute atomic E-state index is 8.93. The van der Waals surface area contributed by atoms with Crippen LogP contribution in [0.25, 0.3) is 5.69 Å². The summed E-state index contributed by atoms with van der Waals surface area (Å²) in [7, 11) is 0. The second-order valence-electron chi connectivity index (χ2n) is 5.68. The van der Waals surface area contributed by atoms with Gasteiger partial charge in [-0.15, -0.1) is 0 Å². The molecular weight excluding hydrogens is 262 g/mol. The van der Waals surface area contributed by atoms with Crippen molar-refractivity contribution in [1.29, 1.82) is 0 Å². The molecule has 4 heteroatoms. The Bertz CT molecular complexity index is 547. The third-order valence-corrected chi connectivity index (χ3v) is 3.89. The normalized spacial score (nSPS) is 14.1. The van der Waals surface area contributed by atoms with Crippen molar-refractivity contribution >= 4 is 0 Å². The van der Waals surface area contributed by atoms with Crippen LogP contribution in [0.15, 0.2) is 36.7 Å². The van der Waals surface area contributed by atoms with Gasteiger partial charge in [-0.25, -0.2) is 4.98 Å². The second kappa shape index (κ2) is 7.38. The standard InChI is InChI=1S/C17H25N3O/c1-13(8-11-21)12-19-14(2)16-4-6-17(7-5-16)20-10-9-18-15(20)3/h4-7,9-10,13-14,19,21H,8,11-12H2,1-3H3. The number of hydrogen-bond acceptors (Lipinski definition) is 3. The lowest BCUT2D eigenvalue weighted by Gasteiger charge is -2.18. The molecule has 2 rings (SSSR count). The van der Waals surface area contributed by atoms with E-state index in [1.165, 1.54) is 5.56 Å². The molecule has 0 radical (unpaired) electrons. The number of aliphatic hydroxyl groups is 1. The Morgan fingerprint density at radius 1 is 1.24 bits per heavy atom. The summed E-state index contributed by atoms with van der Waals surface area (Å²) < 4.78 is 2.07. The zero-order valence-electron chi connectivity index (χ0n) is 13.1. The van der Waals surface area contributed by atoms with Crippen molar-refractivity contribution in [3.8, 4) is 5.69 Å². The van der Waals surface area contributed by atoms with Crippen LogP contribution in [0.4, 0.5) is 0 Å². The molecule has 2 atom stereocenters. The van der Waals surface area contributed by atoms with Gasteiger partial charge in [-0.2, -0.15) is 0 Å². The van der Waals surface area contributed by atoms with Crippen LogP contribution in [0.1, 0.15) is 37.7 Å². The number of aromatic nitrogens is 2. The lowest BCUT2D eigenvalue weighted by atomic mass is 10.1. The third-order valence-electron chi connectivity index (χ3n) is 3.89. The van der Waals surface area contributed by atoms with E-state index in [4.69, 9.17) is 5.11 Å². The molecule has 0 fully saturated rings. The van der Waals surface area contributed by atoms with Gasteiger partial charge in [-0.3, -0.25) is 0 Å². The number of rotatable bonds is 7. The predicted octanol–water partition coefficient (Wildman–Crippen LogP) is 2.85. The summed E-state index contributed by atoms with van der Waals surface area (Å²) >= 11 is 0. The van der Waals surface area contributed by atoms with Crippen LogP contribution in [0, 0.1) is 12.8 Å². The Kier molecular flexibility index (Phi) is 5.53. The van der Waals surface area contributed by atoms with Crippen molar-refractivity contribution < 1.29 is 5.11 Å². The molecule has 2 unspecified atom stereocenters. The summed E-state index contributed by atoms with van der Waals surface area (Å²) in [6, 6.07) is 8.87. The first kappa shape index (κ1) is 15.7. The summed E-state index contributed by atoms with van der Waals surface area (Å²) in [5.41, 5.74) is 2.40. The van der Waals surface area contributed by atoms with E-state index in [1.807, 2.05) is 19.3 Å². The molecule has 0 aliphatic carbocycles. The summed E-state index contributed by atoms with van der Waals surface area (Å²) in [5, 5.41) is 12.4. The number of nitrogens with zero attached hydrogens (tertiary/aromatic N) is 2. The van der Waals surface area contributed by atoms with Crippen LogP contribution in [-0.4, -0.2) is 27.8 Å². The minimum Gasteiger partial charge on any atom is -0.396 e. The van der Waals surface area contributed by atoms with Gasteiger partial charge in [0.15, 0.2) is 0 Å². The van der Waals surface area contributed by atoms with Gasteiger partial charge in [-0.05, 0) is 50.4 Å². The van der Waals surface area contributed by atoms with Gasteiger partial charge in [0.2, 0.25) is 0 Å². The fourth-order valence-electron chi connectivity index (χ4n) is 2.39.